The van der Waals surface area contributed by atoms with E-state index in [1.165, 1.54) is 0 Å². The van der Waals surface area contributed by atoms with Crippen molar-refractivity contribution in [1.29, 1.82) is 0 Å². The minimum absolute atomic E-state index is 0.0914. The smallest absolute Gasteiger partial charge is 0.261 e. The van der Waals surface area contributed by atoms with Gasteiger partial charge < -0.3 is 4.74 Å². The number of sulfonamides is 1. The number of nitrogens with one attached hydrogen (secondary N) is 1. The molecule has 1 N–H and O–H groups in total. The van der Waals surface area contributed by atoms with E-state index in [0.717, 1.165) is 28.3 Å². The summed E-state index contributed by atoms with van der Waals surface area (Å²) < 4.78 is 34.4. The number of hydrogen-bond donors (Lipinski definition) is 1. The predicted molar refractivity (Wildman–Crippen MR) is 140 cm³/mol. The van der Waals surface area contributed by atoms with E-state index in [4.69, 9.17) is 9.84 Å². The van der Waals surface area contributed by atoms with Crippen LogP contribution in [0.4, 0.5) is 11.4 Å². The highest BCUT2D eigenvalue weighted by Crippen LogP contribution is 2.40. The molecule has 4 aromatic rings. The molecular weight excluding hydrogens is 458 g/mol. The van der Waals surface area contributed by atoms with Gasteiger partial charge in [0.25, 0.3) is 10.0 Å². The molecule has 1 aliphatic heterocycles. The zero-order valence-electron chi connectivity index (χ0n) is 19.2. The summed E-state index contributed by atoms with van der Waals surface area (Å²) in [5.74, 6) is 0.790. The number of hydrogen-bond acceptors (Lipinski definition) is 5. The Morgan fingerprint density at radius 2 is 1.54 bits per heavy atom. The average Bonchev–Trinajstić information content (AvgIpc) is 3.35. The highest BCUT2D eigenvalue weighted by atomic mass is 32.2. The van der Waals surface area contributed by atoms with E-state index in [0.29, 0.717) is 12.1 Å². The summed E-state index contributed by atoms with van der Waals surface area (Å²) in [4.78, 5) is 0.188. The second-order valence-electron chi connectivity index (χ2n) is 8.19. The van der Waals surface area contributed by atoms with Crippen LogP contribution in [0.25, 0.3) is 0 Å². The second kappa shape index (κ2) is 9.64. The lowest BCUT2D eigenvalue weighted by molar-refractivity contribution is 0.405. The summed E-state index contributed by atoms with van der Waals surface area (Å²) in [6.45, 7) is 0. The molecule has 0 saturated heterocycles. The highest BCUT2D eigenvalue weighted by molar-refractivity contribution is 7.92. The fourth-order valence-corrected chi connectivity index (χ4v) is 5.35. The molecule has 1 aliphatic rings. The number of rotatable bonds is 7. The SMILES string of the molecule is COc1ccccc1C1CC(c2cccc(S(=O)(=O)Nc3ccccc3)c2)=NN1c1ccccc1. The van der Waals surface area contributed by atoms with Gasteiger partial charge in [0.05, 0.1) is 29.4 Å². The molecule has 0 aromatic heterocycles. The lowest BCUT2D eigenvalue weighted by atomic mass is 9.97. The quantitative estimate of drug-likeness (QED) is 0.358. The fourth-order valence-electron chi connectivity index (χ4n) is 4.25. The van der Waals surface area contributed by atoms with Crippen LogP contribution in [-0.4, -0.2) is 21.2 Å². The zero-order chi connectivity index (χ0) is 24.3. The van der Waals surface area contributed by atoms with Crippen LogP contribution in [-0.2, 0) is 10.0 Å². The summed E-state index contributed by atoms with van der Waals surface area (Å²) >= 11 is 0. The number of ether oxygens (including phenoxy) is 1. The number of benzene rings is 4. The Hall–Kier alpha value is -4.10. The van der Waals surface area contributed by atoms with E-state index in [-0.39, 0.29) is 10.9 Å². The molecule has 5 rings (SSSR count). The second-order valence-corrected chi connectivity index (χ2v) is 9.87. The van der Waals surface area contributed by atoms with Crippen LogP contribution in [0.3, 0.4) is 0 Å². The molecule has 0 radical (unpaired) electrons. The van der Waals surface area contributed by atoms with Gasteiger partial charge in [0.1, 0.15) is 5.75 Å². The summed E-state index contributed by atoms with van der Waals surface area (Å²) in [5, 5.41) is 6.93. The van der Waals surface area contributed by atoms with Crippen molar-refractivity contribution in [2.75, 3.05) is 16.8 Å². The number of anilines is 2. The Balaban J connectivity index is 1.51. The first-order chi connectivity index (χ1) is 17.0. The Morgan fingerprint density at radius 3 is 2.29 bits per heavy atom. The molecule has 7 heteroatoms. The van der Waals surface area contributed by atoms with Crippen molar-refractivity contribution in [3.8, 4) is 5.75 Å². The maximum Gasteiger partial charge on any atom is 0.261 e. The van der Waals surface area contributed by atoms with Crippen molar-refractivity contribution >= 4 is 27.1 Å². The molecule has 0 aliphatic carbocycles. The Morgan fingerprint density at radius 1 is 0.857 bits per heavy atom. The van der Waals surface area contributed by atoms with Crippen LogP contribution in [0.2, 0.25) is 0 Å². The summed E-state index contributed by atoms with van der Waals surface area (Å²) in [6, 6.07) is 33.6. The Labute approximate surface area is 205 Å². The van der Waals surface area contributed by atoms with E-state index < -0.39 is 10.0 Å². The lowest BCUT2D eigenvalue weighted by Gasteiger charge is -2.25. The van der Waals surface area contributed by atoms with Gasteiger partial charge in [0, 0.05) is 17.7 Å². The van der Waals surface area contributed by atoms with Crippen molar-refractivity contribution in [2.24, 2.45) is 5.10 Å². The molecule has 1 atom stereocenters. The van der Waals surface area contributed by atoms with Crippen molar-refractivity contribution in [1.82, 2.24) is 0 Å². The Kier molecular flexibility index (Phi) is 6.25. The molecule has 0 spiro atoms. The van der Waals surface area contributed by atoms with Crippen LogP contribution in [0.5, 0.6) is 5.75 Å². The minimum atomic E-state index is -3.75. The monoisotopic (exact) mass is 483 g/mol. The molecular formula is C28H25N3O3S. The highest BCUT2D eigenvalue weighted by Gasteiger charge is 2.32. The van der Waals surface area contributed by atoms with Gasteiger partial charge in [-0.25, -0.2) is 8.42 Å². The van der Waals surface area contributed by atoms with E-state index in [1.54, 1.807) is 49.6 Å². The maximum atomic E-state index is 13.0. The normalized spacial score (nSPS) is 15.5. The molecule has 176 valence electrons. The lowest BCUT2D eigenvalue weighted by Crippen LogP contribution is -2.19. The summed E-state index contributed by atoms with van der Waals surface area (Å²) in [7, 11) is -2.08. The van der Waals surface area contributed by atoms with Gasteiger partial charge in [-0.1, -0.05) is 66.7 Å². The molecule has 6 nitrogen and oxygen atoms in total. The van der Waals surface area contributed by atoms with Crippen molar-refractivity contribution in [3.05, 3.63) is 120 Å². The van der Waals surface area contributed by atoms with Gasteiger partial charge in [-0.15, -0.1) is 0 Å². The molecule has 4 aromatic carbocycles. The molecule has 0 saturated carbocycles. The third-order valence-electron chi connectivity index (χ3n) is 5.93. The molecule has 0 fully saturated rings. The van der Waals surface area contributed by atoms with Gasteiger partial charge in [0.2, 0.25) is 0 Å². The van der Waals surface area contributed by atoms with Crippen molar-refractivity contribution in [2.45, 2.75) is 17.4 Å². The molecule has 1 unspecified atom stereocenters. The summed E-state index contributed by atoms with van der Waals surface area (Å²) in [5.41, 5.74) is 4.06. The van der Waals surface area contributed by atoms with Crippen molar-refractivity contribution < 1.29 is 13.2 Å². The number of nitrogens with zero attached hydrogens (tertiary/aromatic N) is 2. The van der Waals surface area contributed by atoms with Crippen LogP contribution in [0, 0.1) is 0 Å². The van der Waals surface area contributed by atoms with E-state index in [9.17, 15) is 8.42 Å². The maximum absolute atomic E-state index is 13.0. The molecule has 0 bridgehead atoms. The molecule has 35 heavy (non-hydrogen) atoms. The number of hydrazone groups is 1. The third kappa shape index (κ3) is 4.76. The largest absolute Gasteiger partial charge is 0.496 e. The predicted octanol–water partition coefficient (Wildman–Crippen LogP) is 5.85. The zero-order valence-corrected chi connectivity index (χ0v) is 20.0. The van der Waals surface area contributed by atoms with E-state index in [1.807, 2.05) is 71.7 Å². The van der Waals surface area contributed by atoms with Gasteiger partial charge >= 0.3 is 0 Å². The van der Waals surface area contributed by atoms with Gasteiger partial charge in [-0.05, 0) is 48.0 Å². The van der Waals surface area contributed by atoms with Gasteiger partial charge in [0.15, 0.2) is 0 Å². The third-order valence-corrected chi connectivity index (χ3v) is 7.31. The van der Waals surface area contributed by atoms with Crippen molar-refractivity contribution in [3.63, 3.8) is 0 Å². The van der Waals surface area contributed by atoms with Crippen LogP contribution in [0.15, 0.2) is 119 Å². The first-order valence-electron chi connectivity index (χ1n) is 11.3. The number of para-hydroxylation sites is 3. The minimum Gasteiger partial charge on any atom is -0.496 e. The Bertz CT molecular complexity index is 1460. The van der Waals surface area contributed by atoms with E-state index in [2.05, 4.69) is 4.72 Å². The van der Waals surface area contributed by atoms with E-state index >= 15 is 0 Å². The topological polar surface area (TPSA) is 71.0 Å². The first kappa shape index (κ1) is 22.7. The fraction of sp³-hybridized carbons (Fsp3) is 0.107. The first-order valence-corrected chi connectivity index (χ1v) is 12.8. The molecule has 1 heterocycles. The average molecular weight is 484 g/mol. The van der Waals surface area contributed by atoms with Gasteiger partial charge in [-0.2, -0.15) is 5.10 Å². The van der Waals surface area contributed by atoms with Crippen LogP contribution >= 0.6 is 0 Å². The molecule has 0 amide bonds. The van der Waals surface area contributed by atoms with Crippen LogP contribution < -0.4 is 14.5 Å². The standard InChI is InChI=1S/C28H25N3O3S/c1-34-28-18-9-8-17-25(28)27-20-26(29-31(27)23-14-6-3-7-15-23)21-11-10-16-24(19-21)35(32,33)30-22-12-4-2-5-13-22/h2-19,27,30H,20H2,1H3. The number of methoxy groups -OCH3 is 1. The van der Waals surface area contributed by atoms with Crippen LogP contribution in [0.1, 0.15) is 23.6 Å². The summed E-state index contributed by atoms with van der Waals surface area (Å²) in [6.07, 6.45) is 0.602. The van der Waals surface area contributed by atoms with Gasteiger partial charge in [-0.3, -0.25) is 9.73 Å².